The Morgan fingerprint density at radius 2 is 2.09 bits per heavy atom. The van der Waals surface area contributed by atoms with Crippen molar-refractivity contribution < 1.29 is 0 Å². The predicted molar refractivity (Wildman–Crippen MR) is 63.7 cm³/mol. The minimum absolute atomic E-state index is 0. The van der Waals surface area contributed by atoms with Crippen LogP contribution in [-0.2, 0) is 0 Å². The number of nitriles is 1. The summed E-state index contributed by atoms with van der Waals surface area (Å²) in [6.07, 6.45) is 0. The van der Waals surface area contributed by atoms with Crippen LogP contribution in [0.15, 0.2) is 18.2 Å². The molecule has 0 aromatic heterocycles. The zero-order valence-corrected chi connectivity index (χ0v) is 10.0. The summed E-state index contributed by atoms with van der Waals surface area (Å²) in [7, 11) is 0. The van der Waals surface area contributed by atoms with Gasteiger partial charge in [0.25, 0.3) is 0 Å². The third-order valence-electron chi connectivity index (χ3n) is 1.13. The number of nitrogens with zero attached hydrogens (tertiary/aromatic N) is 1. The summed E-state index contributed by atoms with van der Waals surface area (Å²) in [5.41, 5.74) is 6.90. The Hall–Kier alpha value is -0.0300. The first-order chi connectivity index (χ1) is 4.74. The van der Waals surface area contributed by atoms with Crippen LogP contribution < -0.4 is 5.73 Å². The average molecular weight is 372 g/mol. The lowest BCUT2D eigenvalue weighted by Crippen LogP contribution is -1.88. The summed E-state index contributed by atoms with van der Waals surface area (Å²) in [6.45, 7) is 0. The third kappa shape index (κ3) is 2.83. The Labute approximate surface area is 95.9 Å². The number of hydrogen-bond acceptors (Lipinski definition) is 2. The highest BCUT2D eigenvalue weighted by Crippen LogP contribution is 2.15. The van der Waals surface area contributed by atoms with Gasteiger partial charge in [-0.1, -0.05) is 0 Å². The molecule has 11 heavy (non-hydrogen) atoms. The second-order valence-corrected chi connectivity index (χ2v) is 3.01. The molecule has 58 valence electrons. The Morgan fingerprint density at radius 1 is 1.45 bits per heavy atom. The van der Waals surface area contributed by atoms with Gasteiger partial charge in [-0.2, -0.15) is 5.26 Å². The molecule has 1 rings (SSSR count). The molecular weight excluding hydrogens is 366 g/mol. The lowest BCUT2D eigenvalue weighted by atomic mass is 10.2. The average Bonchev–Trinajstić information content (AvgIpc) is 1.95. The zero-order chi connectivity index (χ0) is 7.56. The SMILES string of the molecule is I.N#Cc1ccc(N)c(I)c1. The molecule has 4 heteroatoms. The number of nitrogens with two attached hydrogens (primary N) is 1. The maximum Gasteiger partial charge on any atom is 0.0992 e. The molecule has 0 fully saturated rings. The monoisotopic (exact) mass is 372 g/mol. The van der Waals surface area contributed by atoms with Crippen molar-refractivity contribution in [2.24, 2.45) is 0 Å². The molecule has 0 unspecified atom stereocenters. The van der Waals surface area contributed by atoms with Crippen molar-refractivity contribution in [3.63, 3.8) is 0 Å². The molecule has 2 N–H and O–H groups in total. The fourth-order valence-corrected chi connectivity index (χ4v) is 1.11. The molecule has 0 aliphatic rings. The molecular formula is C7H6I2N2. The standard InChI is InChI=1S/C7H5IN2.HI/c8-6-3-5(4-9)1-2-7(6)10;/h1-3H,10H2;1H. The van der Waals surface area contributed by atoms with E-state index in [4.69, 9.17) is 11.0 Å². The van der Waals surface area contributed by atoms with Gasteiger partial charge in [-0.05, 0) is 40.8 Å². The number of nitrogen functional groups attached to an aromatic ring is 1. The van der Waals surface area contributed by atoms with Crippen LogP contribution in [0.1, 0.15) is 5.56 Å². The van der Waals surface area contributed by atoms with Gasteiger partial charge < -0.3 is 5.73 Å². The molecule has 0 saturated carbocycles. The molecule has 1 aromatic rings. The van der Waals surface area contributed by atoms with Crippen molar-refractivity contribution in [2.75, 3.05) is 5.73 Å². The number of benzene rings is 1. The first-order valence-corrected chi connectivity index (χ1v) is 3.77. The topological polar surface area (TPSA) is 49.8 Å². The van der Waals surface area contributed by atoms with Gasteiger partial charge in [-0.15, -0.1) is 24.0 Å². The summed E-state index contributed by atoms with van der Waals surface area (Å²) < 4.78 is 0.927. The van der Waals surface area contributed by atoms with E-state index in [0.717, 1.165) is 9.26 Å². The molecule has 0 spiro atoms. The highest BCUT2D eigenvalue weighted by Gasteiger charge is 1.94. The maximum atomic E-state index is 8.46. The molecule has 0 atom stereocenters. The van der Waals surface area contributed by atoms with E-state index in [1.54, 1.807) is 18.2 Å². The first-order valence-electron chi connectivity index (χ1n) is 2.69. The van der Waals surface area contributed by atoms with Crippen molar-refractivity contribution in [1.82, 2.24) is 0 Å². The number of anilines is 1. The van der Waals surface area contributed by atoms with Gasteiger partial charge in [0.2, 0.25) is 0 Å². The highest BCUT2D eigenvalue weighted by atomic mass is 127. The van der Waals surface area contributed by atoms with E-state index in [1.807, 2.05) is 6.07 Å². The molecule has 0 aliphatic carbocycles. The molecule has 0 saturated heterocycles. The van der Waals surface area contributed by atoms with E-state index in [-0.39, 0.29) is 24.0 Å². The normalized spacial score (nSPS) is 8.00. The lowest BCUT2D eigenvalue weighted by Gasteiger charge is -1.95. The van der Waals surface area contributed by atoms with Crippen molar-refractivity contribution in [2.45, 2.75) is 0 Å². The molecule has 0 bridgehead atoms. The quantitative estimate of drug-likeness (QED) is 0.562. The van der Waals surface area contributed by atoms with Crippen LogP contribution in [0, 0.1) is 14.9 Å². The van der Waals surface area contributed by atoms with Crippen LogP contribution in [0.5, 0.6) is 0 Å². The highest BCUT2D eigenvalue weighted by molar-refractivity contribution is 14.1. The van der Waals surface area contributed by atoms with Gasteiger partial charge in [-0.25, -0.2) is 0 Å². The van der Waals surface area contributed by atoms with Gasteiger partial charge >= 0.3 is 0 Å². The zero-order valence-electron chi connectivity index (χ0n) is 5.54. The predicted octanol–water partition coefficient (Wildman–Crippen LogP) is 2.36. The van der Waals surface area contributed by atoms with Gasteiger partial charge in [-0.3, -0.25) is 0 Å². The van der Waals surface area contributed by atoms with E-state index >= 15 is 0 Å². The second-order valence-electron chi connectivity index (χ2n) is 1.85. The minimum Gasteiger partial charge on any atom is -0.398 e. The van der Waals surface area contributed by atoms with Crippen LogP contribution in [0.2, 0.25) is 0 Å². The minimum atomic E-state index is 0. The van der Waals surface area contributed by atoms with E-state index in [1.165, 1.54) is 0 Å². The van der Waals surface area contributed by atoms with Gasteiger partial charge in [0.1, 0.15) is 0 Å². The molecule has 2 nitrogen and oxygen atoms in total. The summed E-state index contributed by atoms with van der Waals surface area (Å²) in [4.78, 5) is 0. The Kier molecular flexibility index (Phi) is 4.76. The van der Waals surface area contributed by atoms with E-state index in [9.17, 15) is 0 Å². The number of halogens is 2. The van der Waals surface area contributed by atoms with Crippen LogP contribution in [0.25, 0.3) is 0 Å². The van der Waals surface area contributed by atoms with Crippen LogP contribution >= 0.6 is 46.6 Å². The fraction of sp³-hybridized carbons (Fsp3) is 0. The first kappa shape index (κ1) is 11.0. The molecule has 1 aromatic carbocycles. The number of rotatable bonds is 0. The van der Waals surface area contributed by atoms with E-state index in [2.05, 4.69) is 22.6 Å². The van der Waals surface area contributed by atoms with Crippen molar-refractivity contribution in [3.8, 4) is 6.07 Å². The molecule has 0 heterocycles. The smallest absolute Gasteiger partial charge is 0.0992 e. The van der Waals surface area contributed by atoms with E-state index < -0.39 is 0 Å². The Morgan fingerprint density at radius 3 is 2.55 bits per heavy atom. The maximum absolute atomic E-state index is 8.46. The lowest BCUT2D eigenvalue weighted by molar-refractivity contribution is 1.47. The summed E-state index contributed by atoms with van der Waals surface area (Å²) in [5.74, 6) is 0. The van der Waals surface area contributed by atoms with Crippen molar-refractivity contribution in [1.29, 1.82) is 5.26 Å². The largest absolute Gasteiger partial charge is 0.398 e. The summed E-state index contributed by atoms with van der Waals surface area (Å²) >= 11 is 2.10. The van der Waals surface area contributed by atoms with Gasteiger partial charge in [0, 0.05) is 9.26 Å². The van der Waals surface area contributed by atoms with Crippen LogP contribution in [-0.4, -0.2) is 0 Å². The molecule has 0 radical (unpaired) electrons. The summed E-state index contributed by atoms with van der Waals surface area (Å²) in [5, 5.41) is 8.46. The second kappa shape index (κ2) is 4.77. The van der Waals surface area contributed by atoms with Crippen molar-refractivity contribution >= 4 is 52.3 Å². The Balaban J connectivity index is 0.000001000. The van der Waals surface area contributed by atoms with Gasteiger partial charge in [0.15, 0.2) is 0 Å². The van der Waals surface area contributed by atoms with Crippen LogP contribution in [0.4, 0.5) is 5.69 Å². The van der Waals surface area contributed by atoms with E-state index in [0.29, 0.717) is 5.56 Å². The number of hydrogen-bond donors (Lipinski definition) is 1. The summed E-state index contributed by atoms with van der Waals surface area (Å²) in [6, 6.07) is 7.24. The third-order valence-corrected chi connectivity index (χ3v) is 2.06. The van der Waals surface area contributed by atoms with Gasteiger partial charge in [0.05, 0.1) is 11.6 Å². The molecule has 0 aliphatic heterocycles. The fourth-order valence-electron chi connectivity index (χ4n) is 0.597. The van der Waals surface area contributed by atoms with Crippen LogP contribution in [0.3, 0.4) is 0 Å². The Bertz CT molecular complexity index is 291. The van der Waals surface area contributed by atoms with Crippen molar-refractivity contribution in [3.05, 3.63) is 27.3 Å². The molecule has 0 amide bonds.